The predicted octanol–water partition coefficient (Wildman–Crippen LogP) is 4.72. The Labute approximate surface area is 126 Å². The van der Waals surface area contributed by atoms with E-state index in [9.17, 15) is 13.2 Å². The summed E-state index contributed by atoms with van der Waals surface area (Å²) in [6, 6.07) is 9.63. The number of benzene rings is 1. The van der Waals surface area contributed by atoms with E-state index in [1.54, 1.807) is 19.2 Å². The van der Waals surface area contributed by atoms with Crippen LogP contribution >= 0.6 is 27.3 Å². The molecule has 1 N–H and O–H groups in total. The Balaban J connectivity index is 2.29. The van der Waals surface area contributed by atoms with Gasteiger partial charge in [-0.05, 0) is 52.8 Å². The molecule has 0 spiro atoms. The third-order valence-electron chi connectivity index (χ3n) is 2.59. The number of thiophene rings is 1. The molecular weight excluding hydrogens is 355 g/mol. The molecule has 0 radical (unpaired) electrons. The second-order valence-corrected chi connectivity index (χ2v) is 6.48. The average molecular weight is 366 g/mol. The lowest BCUT2D eigenvalue weighted by Crippen LogP contribution is -2.19. The Hall–Kier alpha value is -1.05. The molecule has 2 nitrogen and oxygen atoms in total. The van der Waals surface area contributed by atoms with Gasteiger partial charge in [0, 0.05) is 4.88 Å². The van der Waals surface area contributed by atoms with Gasteiger partial charge in [-0.15, -0.1) is 24.5 Å². The van der Waals surface area contributed by atoms with Gasteiger partial charge in [-0.3, -0.25) is 0 Å². The minimum atomic E-state index is -4.68. The molecule has 0 fully saturated rings. The van der Waals surface area contributed by atoms with Crippen molar-refractivity contribution in [2.75, 3.05) is 7.05 Å². The maximum atomic E-state index is 12.2. The van der Waals surface area contributed by atoms with E-state index in [1.165, 1.54) is 23.5 Å². The highest BCUT2D eigenvalue weighted by Crippen LogP contribution is 2.33. The lowest BCUT2D eigenvalue weighted by atomic mass is 10.1. The van der Waals surface area contributed by atoms with Crippen LogP contribution in [-0.2, 0) is 0 Å². The minimum absolute atomic E-state index is 0.178. The fourth-order valence-corrected chi connectivity index (χ4v) is 3.41. The molecule has 1 heterocycles. The van der Waals surface area contributed by atoms with Crippen molar-refractivity contribution in [3.8, 4) is 5.75 Å². The van der Waals surface area contributed by atoms with E-state index in [4.69, 9.17) is 0 Å². The van der Waals surface area contributed by atoms with Crippen molar-refractivity contribution in [3.05, 3.63) is 50.6 Å². The number of hydrogen-bond donors (Lipinski definition) is 1. The van der Waals surface area contributed by atoms with Gasteiger partial charge in [-0.25, -0.2) is 0 Å². The van der Waals surface area contributed by atoms with Crippen molar-refractivity contribution in [1.82, 2.24) is 5.32 Å². The number of halogens is 4. The molecular formula is C13H11BrF3NOS. The zero-order chi connectivity index (χ0) is 14.8. The van der Waals surface area contributed by atoms with E-state index in [0.717, 1.165) is 8.66 Å². The van der Waals surface area contributed by atoms with Gasteiger partial charge in [-0.2, -0.15) is 0 Å². The highest BCUT2D eigenvalue weighted by Gasteiger charge is 2.31. The van der Waals surface area contributed by atoms with Gasteiger partial charge >= 0.3 is 6.36 Å². The molecule has 0 aliphatic rings. The van der Waals surface area contributed by atoms with E-state index in [-0.39, 0.29) is 11.8 Å². The van der Waals surface area contributed by atoms with Crippen molar-refractivity contribution >= 4 is 27.3 Å². The Morgan fingerprint density at radius 2 is 2.00 bits per heavy atom. The van der Waals surface area contributed by atoms with E-state index in [2.05, 4.69) is 26.0 Å². The molecule has 1 unspecified atom stereocenters. The third-order valence-corrected chi connectivity index (χ3v) is 4.28. The van der Waals surface area contributed by atoms with E-state index in [1.807, 2.05) is 12.1 Å². The van der Waals surface area contributed by atoms with Crippen molar-refractivity contribution in [3.63, 3.8) is 0 Å². The first-order chi connectivity index (χ1) is 9.39. The topological polar surface area (TPSA) is 21.3 Å². The van der Waals surface area contributed by atoms with Gasteiger partial charge in [0.1, 0.15) is 5.75 Å². The molecule has 0 bridgehead atoms. The maximum absolute atomic E-state index is 12.2. The van der Waals surface area contributed by atoms with Crippen molar-refractivity contribution < 1.29 is 17.9 Å². The van der Waals surface area contributed by atoms with Gasteiger partial charge in [-0.1, -0.05) is 12.1 Å². The zero-order valence-electron chi connectivity index (χ0n) is 10.4. The van der Waals surface area contributed by atoms with Crippen LogP contribution in [0.1, 0.15) is 16.5 Å². The zero-order valence-corrected chi connectivity index (χ0v) is 12.8. The lowest BCUT2D eigenvalue weighted by molar-refractivity contribution is -0.274. The normalized spacial score (nSPS) is 13.2. The summed E-state index contributed by atoms with van der Waals surface area (Å²) in [6.45, 7) is 0. The monoisotopic (exact) mass is 365 g/mol. The summed E-state index contributed by atoms with van der Waals surface area (Å²) in [5, 5.41) is 3.09. The van der Waals surface area contributed by atoms with E-state index < -0.39 is 6.36 Å². The van der Waals surface area contributed by atoms with Gasteiger partial charge in [0.2, 0.25) is 0 Å². The standard InChI is InChI=1S/C13H11BrF3NOS/c1-18-12(10-5-6-11(14)20-10)8-3-2-4-9(7-8)19-13(15,16)17/h2-7,12,18H,1H3. The van der Waals surface area contributed by atoms with Gasteiger partial charge in [0.25, 0.3) is 0 Å². The summed E-state index contributed by atoms with van der Waals surface area (Å²) < 4.78 is 41.6. The van der Waals surface area contributed by atoms with Gasteiger partial charge < -0.3 is 10.1 Å². The van der Waals surface area contributed by atoms with Gasteiger partial charge in [0.05, 0.1) is 9.83 Å². The van der Waals surface area contributed by atoms with Gasteiger partial charge in [0.15, 0.2) is 0 Å². The highest BCUT2D eigenvalue weighted by molar-refractivity contribution is 9.11. The number of alkyl halides is 3. The first-order valence-electron chi connectivity index (χ1n) is 5.67. The summed E-state index contributed by atoms with van der Waals surface area (Å²) in [6.07, 6.45) is -4.68. The molecule has 0 saturated heterocycles. The minimum Gasteiger partial charge on any atom is -0.406 e. The summed E-state index contributed by atoms with van der Waals surface area (Å²) in [7, 11) is 1.76. The second kappa shape index (κ2) is 6.15. The Morgan fingerprint density at radius 1 is 1.25 bits per heavy atom. The number of hydrogen-bond acceptors (Lipinski definition) is 3. The average Bonchev–Trinajstić information content (AvgIpc) is 2.75. The summed E-state index contributed by atoms with van der Waals surface area (Å²) in [5.41, 5.74) is 0.712. The molecule has 1 atom stereocenters. The van der Waals surface area contributed by atoms with Crippen LogP contribution in [0.2, 0.25) is 0 Å². The molecule has 108 valence electrons. The number of rotatable bonds is 4. The summed E-state index contributed by atoms with van der Waals surface area (Å²) in [5.74, 6) is -0.217. The van der Waals surface area contributed by atoms with Crippen LogP contribution in [0.25, 0.3) is 0 Å². The van der Waals surface area contributed by atoms with Crippen molar-refractivity contribution in [2.24, 2.45) is 0 Å². The molecule has 0 aliphatic carbocycles. The SMILES string of the molecule is CNC(c1cccc(OC(F)(F)F)c1)c1ccc(Br)s1. The fraction of sp³-hybridized carbons (Fsp3) is 0.231. The molecule has 1 aromatic carbocycles. The Morgan fingerprint density at radius 3 is 2.55 bits per heavy atom. The van der Waals surface area contributed by atoms with Crippen LogP contribution in [0.3, 0.4) is 0 Å². The number of ether oxygens (including phenoxy) is 1. The molecule has 2 aromatic rings. The predicted molar refractivity (Wildman–Crippen MR) is 76.0 cm³/mol. The summed E-state index contributed by atoms with van der Waals surface area (Å²) in [4.78, 5) is 1.00. The van der Waals surface area contributed by atoms with Crippen LogP contribution in [0.4, 0.5) is 13.2 Å². The molecule has 20 heavy (non-hydrogen) atoms. The van der Waals surface area contributed by atoms with Crippen LogP contribution in [-0.4, -0.2) is 13.4 Å². The first kappa shape index (κ1) is 15.3. The largest absolute Gasteiger partial charge is 0.573 e. The molecule has 7 heteroatoms. The second-order valence-electron chi connectivity index (χ2n) is 3.98. The lowest BCUT2D eigenvalue weighted by Gasteiger charge is -2.16. The van der Waals surface area contributed by atoms with Crippen molar-refractivity contribution in [1.29, 1.82) is 0 Å². The van der Waals surface area contributed by atoms with Crippen LogP contribution in [0.5, 0.6) is 5.75 Å². The molecule has 0 saturated carbocycles. The highest BCUT2D eigenvalue weighted by atomic mass is 79.9. The summed E-state index contributed by atoms with van der Waals surface area (Å²) >= 11 is 4.90. The molecule has 1 aromatic heterocycles. The Bertz CT molecular complexity index is 585. The number of nitrogens with one attached hydrogen (secondary N) is 1. The van der Waals surface area contributed by atoms with Crippen LogP contribution in [0.15, 0.2) is 40.2 Å². The molecule has 0 aliphatic heterocycles. The van der Waals surface area contributed by atoms with Crippen LogP contribution in [0, 0.1) is 0 Å². The first-order valence-corrected chi connectivity index (χ1v) is 7.28. The van der Waals surface area contributed by atoms with Crippen LogP contribution < -0.4 is 10.1 Å². The van der Waals surface area contributed by atoms with E-state index >= 15 is 0 Å². The molecule has 2 rings (SSSR count). The molecule has 0 amide bonds. The van der Waals surface area contributed by atoms with Crippen molar-refractivity contribution in [2.45, 2.75) is 12.4 Å². The smallest absolute Gasteiger partial charge is 0.406 e. The fourth-order valence-electron chi connectivity index (χ4n) is 1.85. The third kappa shape index (κ3) is 3.97. The van der Waals surface area contributed by atoms with E-state index in [0.29, 0.717) is 5.56 Å². The Kier molecular flexibility index (Phi) is 4.72. The maximum Gasteiger partial charge on any atom is 0.573 e. The quantitative estimate of drug-likeness (QED) is 0.846.